The van der Waals surface area contributed by atoms with Crippen molar-refractivity contribution < 1.29 is 14.3 Å². The van der Waals surface area contributed by atoms with Crippen molar-refractivity contribution >= 4 is 23.2 Å². The van der Waals surface area contributed by atoms with Crippen molar-refractivity contribution in [3.63, 3.8) is 0 Å². The number of rotatable bonds is 6. The average Bonchev–Trinajstić information content (AvgIpc) is 3.25. The molecule has 1 aromatic rings. The number of hydrogen-bond acceptors (Lipinski definition) is 5. The van der Waals surface area contributed by atoms with E-state index in [0.717, 1.165) is 39.0 Å². The summed E-state index contributed by atoms with van der Waals surface area (Å²) in [7, 11) is 0. The molecule has 0 aliphatic carbocycles. The second-order valence-corrected chi connectivity index (χ2v) is 8.29. The average molecular weight is 380 g/mol. The standard InChI is InChI=1S/C19H29N3O3S/c1-14-11-21(12-15(2)25-14)13-16-5-3-9-22(16)18(23)7-8-20-19(24)17-6-4-10-26-17/h4,6,10,14-16H,3,5,7-9,11-13H2,1-2H3,(H,20,24). The number of carbonyl (C=O) groups excluding carboxylic acids is 2. The van der Waals surface area contributed by atoms with Crippen molar-refractivity contribution in [3.05, 3.63) is 22.4 Å². The van der Waals surface area contributed by atoms with Crippen LogP contribution in [0.2, 0.25) is 0 Å². The van der Waals surface area contributed by atoms with Gasteiger partial charge in [-0.2, -0.15) is 0 Å². The summed E-state index contributed by atoms with van der Waals surface area (Å²) < 4.78 is 5.80. The molecule has 0 aromatic carbocycles. The molecule has 26 heavy (non-hydrogen) atoms. The van der Waals surface area contributed by atoms with E-state index in [1.165, 1.54) is 11.3 Å². The molecule has 144 valence electrons. The molecule has 0 bridgehead atoms. The highest BCUT2D eigenvalue weighted by atomic mass is 32.1. The number of nitrogens with one attached hydrogen (secondary N) is 1. The van der Waals surface area contributed by atoms with Gasteiger partial charge < -0.3 is 15.0 Å². The second kappa shape index (κ2) is 8.97. The zero-order valence-electron chi connectivity index (χ0n) is 15.6. The lowest BCUT2D eigenvalue weighted by molar-refractivity contribution is -0.132. The summed E-state index contributed by atoms with van der Waals surface area (Å²) in [6.07, 6.45) is 2.98. The van der Waals surface area contributed by atoms with Gasteiger partial charge in [-0.25, -0.2) is 0 Å². The SMILES string of the molecule is CC1CN(CC2CCCN2C(=O)CCNC(=O)c2cccs2)CC(C)O1. The van der Waals surface area contributed by atoms with Gasteiger partial charge in [-0.05, 0) is 38.1 Å². The molecule has 0 radical (unpaired) electrons. The topological polar surface area (TPSA) is 61.9 Å². The molecule has 2 saturated heterocycles. The lowest BCUT2D eigenvalue weighted by atomic mass is 10.1. The molecule has 7 heteroatoms. The van der Waals surface area contributed by atoms with E-state index in [0.29, 0.717) is 17.8 Å². The van der Waals surface area contributed by atoms with Crippen LogP contribution in [-0.2, 0) is 9.53 Å². The van der Waals surface area contributed by atoms with Gasteiger partial charge in [-0.3, -0.25) is 14.5 Å². The third kappa shape index (κ3) is 5.05. The third-order valence-electron chi connectivity index (χ3n) is 5.03. The van der Waals surface area contributed by atoms with E-state index in [1.54, 1.807) is 6.07 Å². The van der Waals surface area contributed by atoms with Crippen molar-refractivity contribution in [2.75, 3.05) is 32.7 Å². The fourth-order valence-corrected chi connectivity index (χ4v) is 4.65. The number of likely N-dealkylation sites (tertiary alicyclic amines) is 1. The zero-order valence-corrected chi connectivity index (χ0v) is 16.5. The van der Waals surface area contributed by atoms with E-state index in [9.17, 15) is 9.59 Å². The Morgan fingerprint density at radius 1 is 1.31 bits per heavy atom. The van der Waals surface area contributed by atoms with Gasteiger partial charge in [-0.1, -0.05) is 6.07 Å². The van der Waals surface area contributed by atoms with Crippen LogP contribution in [0.5, 0.6) is 0 Å². The fourth-order valence-electron chi connectivity index (χ4n) is 4.01. The molecular weight excluding hydrogens is 350 g/mol. The van der Waals surface area contributed by atoms with Crippen molar-refractivity contribution in [2.24, 2.45) is 0 Å². The van der Waals surface area contributed by atoms with E-state index in [2.05, 4.69) is 24.1 Å². The first-order chi connectivity index (χ1) is 12.5. The molecule has 2 amide bonds. The van der Waals surface area contributed by atoms with Crippen LogP contribution in [0, 0.1) is 0 Å². The molecule has 3 unspecified atom stereocenters. The molecule has 2 aliphatic heterocycles. The lowest BCUT2D eigenvalue weighted by Crippen LogP contribution is -2.51. The molecule has 2 fully saturated rings. The number of hydrogen-bond donors (Lipinski definition) is 1. The quantitative estimate of drug-likeness (QED) is 0.821. The summed E-state index contributed by atoms with van der Waals surface area (Å²) in [5.41, 5.74) is 0. The zero-order chi connectivity index (χ0) is 18.5. The van der Waals surface area contributed by atoms with E-state index < -0.39 is 0 Å². The minimum atomic E-state index is -0.0953. The third-order valence-corrected chi connectivity index (χ3v) is 5.90. The summed E-state index contributed by atoms with van der Waals surface area (Å²) in [4.78, 5) is 29.7. The van der Waals surface area contributed by atoms with Crippen LogP contribution in [-0.4, -0.2) is 72.6 Å². The Morgan fingerprint density at radius 3 is 2.77 bits per heavy atom. The van der Waals surface area contributed by atoms with Crippen molar-refractivity contribution in [1.82, 2.24) is 15.1 Å². The van der Waals surface area contributed by atoms with E-state index in [1.807, 2.05) is 16.3 Å². The Balaban J connectivity index is 1.45. The van der Waals surface area contributed by atoms with Crippen LogP contribution >= 0.6 is 11.3 Å². The minimum absolute atomic E-state index is 0.0953. The van der Waals surface area contributed by atoms with Gasteiger partial charge in [0.05, 0.1) is 17.1 Å². The summed E-state index contributed by atoms with van der Waals surface area (Å²) in [6, 6.07) is 3.93. The number of ether oxygens (including phenoxy) is 1. The number of nitrogens with zero attached hydrogens (tertiary/aromatic N) is 2. The van der Waals surface area contributed by atoms with Gasteiger partial charge in [-0.15, -0.1) is 11.3 Å². The molecule has 1 aromatic heterocycles. The first kappa shape index (κ1) is 19.3. The highest BCUT2D eigenvalue weighted by Crippen LogP contribution is 2.21. The van der Waals surface area contributed by atoms with Crippen LogP contribution in [0.3, 0.4) is 0 Å². The van der Waals surface area contributed by atoms with Gasteiger partial charge in [0.1, 0.15) is 0 Å². The van der Waals surface area contributed by atoms with Crippen LogP contribution in [0.25, 0.3) is 0 Å². The molecule has 6 nitrogen and oxygen atoms in total. The monoisotopic (exact) mass is 379 g/mol. The Labute approximate surface area is 159 Å². The maximum Gasteiger partial charge on any atom is 0.261 e. The molecule has 1 N–H and O–H groups in total. The van der Waals surface area contributed by atoms with Crippen molar-refractivity contribution in [2.45, 2.75) is 51.4 Å². The summed E-state index contributed by atoms with van der Waals surface area (Å²) in [5.74, 6) is 0.0513. The van der Waals surface area contributed by atoms with E-state index in [-0.39, 0.29) is 30.1 Å². The maximum absolute atomic E-state index is 12.6. The van der Waals surface area contributed by atoms with Gasteiger partial charge in [0, 0.05) is 45.2 Å². The summed E-state index contributed by atoms with van der Waals surface area (Å²) in [5, 5.41) is 4.72. The molecule has 3 rings (SSSR count). The smallest absolute Gasteiger partial charge is 0.261 e. The van der Waals surface area contributed by atoms with Crippen LogP contribution in [0.4, 0.5) is 0 Å². The molecule has 0 spiro atoms. The van der Waals surface area contributed by atoms with Gasteiger partial charge >= 0.3 is 0 Å². The predicted molar refractivity (Wildman–Crippen MR) is 102 cm³/mol. The number of thiophene rings is 1. The summed E-state index contributed by atoms with van der Waals surface area (Å²) in [6.45, 7) is 8.22. The number of carbonyl (C=O) groups is 2. The van der Waals surface area contributed by atoms with Crippen LogP contribution < -0.4 is 5.32 Å². The minimum Gasteiger partial charge on any atom is -0.373 e. The molecular formula is C19H29N3O3S. The highest BCUT2D eigenvalue weighted by Gasteiger charge is 2.32. The number of amides is 2. The molecule has 2 aliphatic rings. The fraction of sp³-hybridized carbons (Fsp3) is 0.684. The van der Waals surface area contributed by atoms with E-state index in [4.69, 9.17) is 4.74 Å². The number of morpholine rings is 1. The second-order valence-electron chi connectivity index (χ2n) is 7.34. The first-order valence-corrected chi connectivity index (χ1v) is 10.4. The van der Waals surface area contributed by atoms with Crippen molar-refractivity contribution in [1.29, 1.82) is 0 Å². The molecule has 3 heterocycles. The maximum atomic E-state index is 12.6. The van der Waals surface area contributed by atoms with Crippen molar-refractivity contribution in [3.8, 4) is 0 Å². The Hall–Kier alpha value is -1.44. The van der Waals surface area contributed by atoms with E-state index >= 15 is 0 Å². The molecule has 0 saturated carbocycles. The lowest BCUT2D eigenvalue weighted by Gasteiger charge is -2.38. The largest absolute Gasteiger partial charge is 0.373 e. The normalized spacial score (nSPS) is 26.8. The van der Waals surface area contributed by atoms with Crippen LogP contribution in [0.1, 0.15) is 42.8 Å². The van der Waals surface area contributed by atoms with Gasteiger partial charge in [0.15, 0.2) is 0 Å². The summed E-state index contributed by atoms with van der Waals surface area (Å²) >= 11 is 1.41. The van der Waals surface area contributed by atoms with Gasteiger partial charge in [0.2, 0.25) is 5.91 Å². The van der Waals surface area contributed by atoms with Gasteiger partial charge in [0.25, 0.3) is 5.91 Å². The first-order valence-electron chi connectivity index (χ1n) is 9.52. The Kier molecular flexibility index (Phi) is 6.67. The van der Waals surface area contributed by atoms with Crippen LogP contribution in [0.15, 0.2) is 17.5 Å². The Morgan fingerprint density at radius 2 is 2.08 bits per heavy atom. The Bertz CT molecular complexity index is 597. The highest BCUT2D eigenvalue weighted by molar-refractivity contribution is 7.12. The predicted octanol–water partition coefficient (Wildman–Crippen LogP) is 1.97. The molecule has 3 atom stereocenters.